The average molecular weight is 260 g/mol. The van der Waals surface area contributed by atoms with Crippen molar-refractivity contribution in [3.8, 4) is 10.4 Å². The molecule has 1 N–H and O–H groups in total. The van der Waals surface area contributed by atoms with Gasteiger partial charge in [0.25, 0.3) is 0 Å². The Hall–Kier alpha value is -1.19. The molecular weight excluding hydrogens is 240 g/mol. The molecule has 2 rings (SSSR count). The fourth-order valence-electron chi connectivity index (χ4n) is 2.34. The van der Waals surface area contributed by atoms with Crippen LogP contribution in [0.3, 0.4) is 0 Å². The van der Waals surface area contributed by atoms with Crippen molar-refractivity contribution in [3.05, 3.63) is 40.0 Å². The van der Waals surface area contributed by atoms with Gasteiger partial charge in [-0.3, -0.25) is 0 Å². The summed E-state index contributed by atoms with van der Waals surface area (Å²) in [6, 6.07) is 4.49. The SMILES string of the molecule is CNCCc1ncc(-c2c(C)cc(C)cc2C)s1. The van der Waals surface area contributed by atoms with E-state index in [1.807, 2.05) is 24.6 Å². The molecule has 0 saturated heterocycles. The monoisotopic (exact) mass is 260 g/mol. The fourth-order valence-corrected chi connectivity index (χ4v) is 3.43. The third-order valence-corrected chi connectivity index (χ3v) is 4.14. The molecule has 18 heavy (non-hydrogen) atoms. The van der Waals surface area contributed by atoms with Crippen LogP contribution >= 0.6 is 11.3 Å². The van der Waals surface area contributed by atoms with Crippen LogP contribution in [0.5, 0.6) is 0 Å². The molecule has 0 fully saturated rings. The van der Waals surface area contributed by atoms with Gasteiger partial charge in [-0.2, -0.15) is 0 Å². The summed E-state index contributed by atoms with van der Waals surface area (Å²) >= 11 is 1.81. The molecule has 2 nitrogen and oxygen atoms in total. The summed E-state index contributed by atoms with van der Waals surface area (Å²) in [5.41, 5.74) is 5.37. The topological polar surface area (TPSA) is 24.9 Å². The van der Waals surface area contributed by atoms with Crippen LogP contribution in [0.25, 0.3) is 10.4 Å². The summed E-state index contributed by atoms with van der Waals surface area (Å²) in [5, 5.41) is 4.37. The number of hydrogen-bond acceptors (Lipinski definition) is 3. The lowest BCUT2D eigenvalue weighted by atomic mass is 9.99. The predicted molar refractivity (Wildman–Crippen MR) is 79.4 cm³/mol. The summed E-state index contributed by atoms with van der Waals surface area (Å²) in [6.07, 6.45) is 3.02. The van der Waals surface area contributed by atoms with E-state index >= 15 is 0 Å². The molecule has 0 saturated carbocycles. The highest BCUT2D eigenvalue weighted by Gasteiger charge is 2.10. The average Bonchev–Trinajstić information content (AvgIpc) is 2.73. The Morgan fingerprint density at radius 1 is 1.17 bits per heavy atom. The van der Waals surface area contributed by atoms with E-state index in [1.165, 1.54) is 32.1 Å². The van der Waals surface area contributed by atoms with E-state index in [-0.39, 0.29) is 0 Å². The molecule has 0 spiro atoms. The third-order valence-electron chi connectivity index (χ3n) is 3.07. The second-order valence-electron chi connectivity index (χ2n) is 4.75. The van der Waals surface area contributed by atoms with Gasteiger partial charge >= 0.3 is 0 Å². The molecule has 1 heterocycles. The predicted octanol–water partition coefficient (Wildman–Crippen LogP) is 3.50. The van der Waals surface area contributed by atoms with E-state index < -0.39 is 0 Å². The highest BCUT2D eigenvalue weighted by Crippen LogP contribution is 2.32. The number of benzene rings is 1. The van der Waals surface area contributed by atoms with Crippen LogP contribution in [0.15, 0.2) is 18.3 Å². The molecule has 0 aliphatic carbocycles. The first-order valence-electron chi connectivity index (χ1n) is 6.29. The van der Waals surface area contributed by atoms with Crippen molar-refractivity contribution >= 4 is 11.3 Å². The van der Waals surface area contributed by atoms with Gasteiger partial charge in [-0.05, 0) is 44.5 Å². The van der Waals surface area contributed by atoms with Crippen LogP contribution in [0.2, 0.25) is 0 Å². The molecule has 0 aliphatic heterocycles. The van der Waals surface area contributed by atoms with Gasteiger partial charge in [-0.15, -0.1) is 11.3 Å². The standard InChI is InChI=1S/C15H20N2S/c1-10-7-11(2)15(12(3)8-10)13-9-17-14(18-13)5-6-16-4/h7-9,16H,5-6H2,1-4H3. The van der Waals surface area contributed by atoms with E-state index in [0.717, 1.165) is 13.0 Å². The minimum Gasteiger partial charge on any atom is -0.319 e. The lowest BCUT2D eigenvalue weighted by Crippen LogP contribution is -2.09. The Labute approximate surface area is 113 Å². The van der Waals surface area contributed by atoms with E-state index in [4.69, 9.17) is 0 Å². The van der Waals surface area contributed by atoms with Crippen LogP contribution in [0, 0.1) is 20.8 Å². The number of aryl methyl sites for hydroxylation is 3. The maximum atomic E-state index is 4.51. The number of aromatic nitrogens is 1. The first-order valence-corrected chi connectivity index (χ1v) is 7.11. The smallest absolute Gasteiger partial charge is 0.0943 e. The van der Waals surface area contributed by atoms with Gasteiger partial charge in [-0.25, -0.2) is 4.98 Å². The highest BCUT2D eigenvalue weighted by molar-refractivity contribution is 7.15. The Morgan fingerprint density at radius 3 is 2.44 bits per heavy atom. The van der Waals surface area contributed by atoms with Gasteiger partial charge < -0.3 is 5.32 Å². The minimum absolute atomic E-state index is 0.985. The van der Waals surface area contributed by atoms with Crippen LogP contribution in [-0.2, 0) is 6.42 Å². The second-order valence-corrected chi connectivity index (χ2v) is 5.86. The Balaban J connectivity index is 2.34. The summed E-state index contributed by atoms with van der Waals surface area (Å²) in [7, 11) is 1.97. The zero-order valence-electron chi connectivity index (χ0n) is 11.5. The number of likely N-dealkylation sites (N-methyl/N-ethyl adjacent to an activating group) is 1. The van der Waals surface area contributed by atoms with Crippen molar-refractivity contribution in [1.29, 1.82) is 0 Å². The van der Waals surface area contributed by atoms with E-state index in [2.05, 4.69) is 43.2 Å². The van der Waals surface area contributed by atoms with Gasteiger partial charge in [0.1, 0.15) is 0 Å². The molecule has 1 aromatic carbocycles. The van der Waals surface area contributed by atoms with Crippen LogP contribution in [0.4, 0.5) is 0 Å². The zero-order chi connectivity index (χ0) is 13.1. The molecule has 96 valence electrons. The second kappa shape index (κ2) is 5.63. The third kappa shape index (κ3) is 2.79. The molecule has 0 atom stereocenters. The molecule has 0 aliphatic rings. The van der Waals surface area contributed by atoms with Crippen LogP contribution in [0.1, 0.15) is 21.7 Å². The highest BCUT2D eigenvalue weighted by atomic mass is 32.1. The number of nitrogens with zero attached hydrogens (tertiary/aromatic N) is 1. The van der Waals surface area contributed by atoms with E-state index in [1.54, 1.807) is 0 Å². The molecule has 0 amide bonds. The Morgan fingerprint density at radius 2 is 1.83 bits per heavy atom. The maximum Gasteiger partial charge on any atom is 0.0943 e. The van der Waals surface area contributed by atoms with Gasteiger partial charge in [-0.1, -0.05) is 17.7 Å². The number of rotatable bonds is 4. The van der Waals surface area contributed by atoms with Crippen molar-refractivity contribution < 1.29 is 0 Å². The lowest BCUT2D eigenvalue weighted by Gasteiger charge is -2.08. The molecule has 0 radical (unpaired) electrons. The van der Waals surface area contributed by atoms with Crippen LogP contribution < -0.4 is 5.32 Å². The number of hydrogen-bond donors (Lipinski definition) is 1. The molecule has 3 heteroatoms. The number of nitrogens with one attached hydrogen (secondary N) is 1. The Bertz CT molecular complexity index is 520. The first-order chi connectivity index (χ1) is 8.61. The lowest BCUT2D eigenvalue weighted by molar-refractivity contribution is 0.787. The van der Waals surface area contributed by atoms with Crippen molar-refractivity contribution in [1.82, 2.24) is 10.3 Å². The quantitative estimate of drug-likeness (QED) is 0.910. The number of thiazole rings is 1. The van der Waals surface area contributed by atoms with Crippen molar-refractivity contribution in [2.45, 2.75) is 27.2 Å². The normalized spacial score (nSPS) is 10.9. The van der Waals surface area contributed by atoms with Crippen molar-refractivity contribution in [2.75, 3.05) is 13.6 Å². The molecule has 0 unspecified atom stereocenters. The van der Waals surface area contributed by atoms with Gasteiger partial charge in [0, 0.05) is 19.2 Å². The maximum absolute atomic E-state index is 4.51. The largest absolute Gasteiger partial charge is 0.319 e. The summed E-state index contributed by atoms with van der Waals surface area (Å²) < 4.78 is 0. The van der Waals surface area contributed by atoms with Gasteiger partial charge in [0.15, 0.2) is 0 Å². The van der Waals surface area contributed by atoms with E-state index in [0.29, 0.717) is 0 Å². The molecule has 2 aromatic rings. The summed E-state index contributed by atoms with van der Waals surface area (Å²) in [4.78, 5) is 5.80. The van der Waals surface area contributed by atoms with Crippen molar-refractivity contribution in [2.24, 2.45) is 0 Å². The van der Waals surface area contributed by atoms with Crippen molar-refractivity contribution in [3.63, 3.8) is 0 Å². The first kappa shape index (κ1) is 13.2. The van der Waals surface area contributed by atoms with Crippen LogP contribution in [-0.4, -0.2) is 18.6 Å². The summed E-state index contributed by atoms with van der Waals surface area (Å²) in [6.45, 7) is 7.50. The van der Waals surface area contributed by atoms with Gasteiger partial charge in [0.05, 0.1) is 9.88 Å². The Kier molecular flexibility index (Phi) is 4.15. The summed E-state index contributed by atoms with van der Waals surface area (Å²) in [5.74, 6) is 0. The van der Waals surface area contributed by atoms with Gasteiger partial charge in [0.2, 0.25) is 0 Å². The molecular formula is C15H20N2S. The van der Waals surface area contributed by atoms with E-state index in [9.17, 15) is 0 Å². The minimum atomic E-state index is 0.985. The molecule has 1 aromatic heterocycles. The molecule has 0 bridgehead atoms. The fraction of sp³-hybridized carbons (Fsp3) is 0.400. The zero-order valence-corrected chi connectivity index (χ0v) is 12.3.